The first-order valence-corrected chi connectivity index (χ1v) is 6.07. The molecule has 1 aromatic carbocycles. The molecule has 98 valence electrons. The van der Waals surface area contributed by atoms with Gasteiger partial charge in [0, 0.05) is 37.3 Å². The third-order valence-electron chi connectivity index (χ3n) is 3.10. The summed E-state index contributed by atoms with van der Waals surface area (Å²) in [4.78, 5) is 13.2. The summed E-state index contributed by atoms with van der Waals surface area (Å²) in [5.41, 5.74) is 0.966. The molecule has 1 heterocycles. The molecular weight excluding hydrogens is 235 g/mol. The summed E-state index contributed by atoms with van der Waals surface area (Å²) in [6.45, 7) is 3.24. The van der Waals surface area contributed by atoms with Crippen LogP contribution < -0.4 is 10.2 Å². The lowest BCUT2D eigenvalue weighted by Gasteiger charge is -2.26. The van der Waals surface area contributed by atoms with E-state index in [1.807, 2.05) is 4.90 Å². The number of carbonyl (C=O) groups excluding carboxylic acids is 1. The molecule has 0 bridgehead atoms. The standard InChI is InChI=1S/C13H17FN2O2/c1-9(17)13-10(14)3-2-4-11(13)16-7-5-12(18)15-6-8-16/h2-4,9,17H,5-8H2,1H3,(H,15,18)/t9-/m0/s1. The number of carbonyl (C=O) groups is 1. The molecule has 1 atom stereocenters. The lowest BCUT2D eigenvalue weighted by atomic mass is 10.1. The number of aliphatic hydroxyl groups excluding tert-OH is 1. The molecule has 5 heteroatoms. The van der Waals surface area contributed by atoms with E-state index >= 15 is 0 Å². The van der Waals surface area contributed by atoms with Crippen LogP contribution in [0.25, 0.3) is 0 Å². The molecule has 1 aromatic rings. The lowest BCUT2D eigenvalue weighted by Crippen LogP contribution is -2.29. The minimum Gasteiger partial charge on any atom is -0.389 e. The van der Waals surface area contributed by atoms with E-state index in [0.29, 0.717) is 37.3 Å². The van der Waals surface area contributed by atoms with Gasteiger partial charge >= 0.3 is 0 Å². The molecule has 2 N–H and O–H groups in total. The van der Waals surface area contributed by atoms with E-state index in [9.17, 15) is 14.3 Å². The SMILES string of the molecule is C[C@H](O)c1c(F)cccc1N1CCNC(=O)CC1. The minimum absolute atomic E-state index is 0.00694. The number of halogens is 1. The summed E-state index contributed by atoms with van der Waals surface area (Å²) in [5, 5.41) is 12.5. The van der Waals surface area contributed by atoms with E-state index in [4.69, 9.17) is 0 Å². The molecule has 4 nitrogen and oxygen atoms in total. The highest BCUT2D eigenvalue weighted by Gasteiger charge is 2.20. The van der Waals surface area contributed by atoms with Gasteiger partial charge in [0.25, 0.3) is 0 Å². The second kappa shape index (κ2) is 5.35. The van der Waals surface area contributed by atoms with E-state index in [1.54, 1.807) is 19.1 Å². The topological polar surface area (TPSA) is 52.6 Å². The number of anilines is 1. The van der Waals surface area contributed by atoms with Crippen LogP contribution in [-0.4, -0.2) is 30.6 Å². The zero-order valence-electron chi connectivity index (χ0n) is 10.3. The second-order valence-corrected chi connectivity index (χ2v) is 4.44. The van der Waals surface area contributed by atoms with Crippen LogP contribution in [0.5, 0.6) is 0 Å². The summed E-state index contributed by atoms with van der Waals surface area (Å²) in [6.07, 6.45) is -0.483. The highest BCUT2D eigenvalue weighted by Crippen LogP contribution is 2.29. The van der Waals surface area contributed by atoms with Gasteiger partial charge in [0.1, 0.15) is 5.82 Å². The highest BCUT2D eigenvalue weighted by atomic mass is 19.1. The highest BCUT2D eigenvalue weighted by molar-refractivity contribution is 5.77. The summed E-state index contributed by atoms with van der Waals surface area (Å²) >= 11 is 0. The van der Waals surface area contributed by atoms with Crippen molar-refractivity contribution in [1.29, 1.82) is 0 Å². The molecule has 1 aliphatic heterocycles. The van der Waals surface area contributed by atoms with Crippen molar-refractivity contribution in [1.82, 2.24) is 5.32 Å². The van der Waals surface area contributed by atoms with Crippen molar-refractivity contribution < 1.29 is 14.3 Å². The molecular formula is C13H17FN2O2. The van der Waals surface area contributed by atoms with Gasteiger partial charge in [-0.25, -0.2) is 4.39 Å². The molecule has 18 heavy (non-hydrogen) atoms. The molecule has 0 saturated carbocycles. The van der Waals surface area contributed by atoms with E-state index in [2.05, 4.69) is 5.32 Å². The first-order valence-electron chi connectivity index (χ1n) is 6.07. The van der Waals surface area contributed by atoms with Crippen molar-refractivity contribution in [2.24, 2.45) is 0 Å². The summed E-state index contributed by atoms with van der Waals surface area (Å²) < 4.78 is 13.8. The van der Waals surface area contributed by atoms with Gasteiger partial charge in [-0.2, -0.15) is 0 Å². The predicted octanol–water partition coefficient (Wildman–Crippen LogP) is 1.21. The molecule has 0 aliphatic carbocycles. The van der Waals surface area contributed by atoms with Crippen LogP contribution in [0.4, 0.5) is 10.1 Å². The van der Waals surface area contributed by atoms with E-state index in [0.717, 1.165) is 0 Å². The third-order valence-corrected chi connectivity index (χ3v) is 3.10. The first kappa shape index (κ1) is 12.8. The largest absolute Gasteiger partial charge is 0.389 e. The Morgan fingerprint density at radius 2 is 2.22 bits per heavy atom. The zero-order valence-corrected chi connectivity index (χ0v) is 10.3. The summed E-state index contributed by atoms with van der Waals surface area (Å²) in [5.74, 6) is -0.404. The normalized spacial score (nSPS) is 18.2. The zero-order chi connectivity index (χ0) is 13.1. The van der Waals surface area contributed by atoms with Gasteiger partial charge < -0.3 is 15.3 Å². The Bertz CT molecular complexity index is 449. The Kier molecular flexibility index (Phi) is 3.81. The van der Waals surface area contributed by atoms with Crippen LogP contribution in [-0.2, 0) is 4.79 Å². The Morgan fingerprint density at radius 3 is 2.94 bits per heavy atom. The second-order valence-electron chi connectivity index (χ2n) is 4.44. The van der Waals surface area contributed by atoms with Crippen molar-refractivity contribution in [2.45, 2.75) is 19.4 Å². The monoisotopic (exact) mass is 252 g/mol. The van der Waals surface area contributed by atoms with Crippen LogP contribution in [0.3, 0.4) is 0 Å². The van der Waals surface area contributed by atoms with Crippen LogP contribution in [0.2, 0.25) is 0 Å². The average molecular weight is 252 g/mol. The van der Waals surface area contributed by atoms with Crippen LogP contribution >= 0.6 is 0 Å². The lowest BCUT2D eigenvalue weighted by molar-refractivity contribution is -0.120. The quantitative estimate of drug-likeness (QED) is 0.831. The number of benzene rings is 1. The van der Waals surface area contributed by atoms with Crippen LogP contribution in [0.1, 0.15) is 25.0 Å². The van der Waals surface area contributed by atoms with Gasteiger partial charge in [-0.05, 0) is 19.1 Å². The van der Waals surface area contributed by atoms with Gasteiger partial charge in [0.2, 0.25) is 5.91 Å². The number of nitrogens with zero attached hydrogens (tertiary/aromatic N) is 1. The third kappa shape index (κ3) is 2.61. The van der Waals surface area contributed by atoms with E-state index in [1.165, 1.54) is 6.07 Å². The fraction of sp³-hybridized carbons (Fsp3) is 0.462. The van der Waals surface area contributed by atoms with E-state index < -0.39 is 11.9 Å². The minimum atomic E-state index is -0.867. The smallest absolute Gasteiger partial charge is 0.221 e. The Balaban J connectivity index is 2.32. The number of amides is 1. The average Bonchev–Trinajstić information content (AvgIpc) is 2.53. The fourth-order valence-electron chi connectivity index (χ4n) is 2.22. The predicted molar refractivity (Wildman–Crippen MR) is 66.9 cm³/mol. The maximum Gasteiger partial charge on any atom is 0.221 e. The van der Waals surface area contributed by atoms with Crippen LogP contribution in [0, 0.1) is 5.82 Å². The van der Waals surface area contributed by atoms with Crippen molar-refractivity contribution in [2.75, 3.05) is 24.5 Å². The number of nitrogens with one attached hydrogen (secondary N) is 1. The maximum absolute atomic E-state index is 13.8. The molecule has 0 spiro atoms. The number of hydrogen-bond donors (Lipinski definition) is 2. The molecule has 1 fully saturated rings. The number of aliphatic hydroxyl groups is 1. The molecule has 1 amide bonds. The van der Waals surface area contributed by atoms with Gasteiger partial charge in [0.15, 0.2) is 0 Å². The Morgan fingerprint density at radius 1 is 1.44 bits per heavy atom. The van der Waals surface area contributed by atoms with Gasteiger partial charge in [0.05, 0.1) is 6.10 Å². The Labute approximate surface area is 105 Å². The molecule has 0 aromatic heterocycles. The van der Waals surface area contributed by atoms with E-state index in [-0.39, 0.29) is 5.91 Å². The maximum atomic E-state index is 13.8. The van der Waals surface area contributed by atoms with Crippen molar-refractivity contribution >= 4 is 11.6 Å². The van der Waals surface area contributed by atoms with Gasteiger partial charge in [-0.3, -0.25) is 4.79 Å². The van der Waals surface area contributed by atoms with Crippen molar-refractivity contribution in [3.05, 3.63) is 29.6 Å². The molecule has 0 unspecified atom stereocenters. The molecule has 1 aliphatic rings. The summed E-state index contributed by atoms with van der Waals surface area (Å²) in [6, 6.07) is 4.74. The van der Waals surface area contributed by atoms with Crippen molar-refractivity contribution in [3.63, 3.8) is 0 Å². The van der Waals surface area contributed by atoms with Crippen LogP contribution in [0.15, 0.2) is 18.2 Å². The Hall–Kier alpha value is -1.62. The van der Waals surface area contributed by atoms with Crippen molar-refractivity contribution in [3.8, 4) is 0 Å². The molecule has 1 saturated heterocycles. The van der Waals surface area contributed by atoms with Gasteiger partial charge in [-0.1, -0.05) is 6.07 Å². The molecule has 2 rings (SSSR count). The molecule has 0 radical (unpaired) electrons. The number of hydrogen-bond acceptors (Lipinski definition) is 3. The van der Waals surface area contributed by atoms with Gasteiger partial charge in [-0.15, -0.1) is 0 Å². The number of rotatable bonds is 2. The first-order chi connectivity index (χ1) is 8.59. The fourth-order valence-corrected chi connectivity index (χ4v) is 2.22. The summed E-state index contributed by atoms with van der Waals surface area (Å²) in [7, 11) is 0.